The summed E-state index contributed by atoms with van der Waals surface area (Å²) in [6.07, 6.45) is 1.53. The minimum Gasteiger partial charge on any atom is -0.444 e. The lowest BCUT2D eigenvalue weighted by molar-refractivity contribution is 0.128. The van der Waals surface area contributed by atoms with Crippen LogP contribution in [0.4, 0.5) is 4.79 Å². The van der Waals surface area contributed by atoms with Crippen LogP contribution in [-0.2, 0) is 11.3 Å². The largest absolute Gasteiger partial charge is 0.444 e. The lowest BCUT2D eigenvalue weighted by Crippen LogP contribution is -2.24. The van der Waals surface area contributed by atoms with Gasteiger partial charge >= 0.3 is 6.09 Å². The summed E-state index contributed by atoms with van der Waals surface area (Å²) in [6.45, 7) is 1.29. The molecule has 0 spiro atoms. The monoisotopic (exact) mass is 253 g/mol. The van der Waals surface area contributed by atoms with Crippen molar-refractivity contribution in [3.8, 4) is 0 Å². The van der Waals surface area contributed by atoms with E-state index in [2.05, 4.69) is 0 Å². The van der Waals surface area contributed by atoms with E-state index in [0.29, 0.717) is 19.0 Å². The van der Waals surface area contributed by atoms with Crippen molar-refractivity contribution in [1.82, 2.24) is 4.90 Å². The van der Waals surface area contributed by atoms with Crippen LogP contribution in [0.3, 0.4) is 0 Å². The number of amides is 1. The van der Waals surface area contributed by atoms with E-state index in [0.717, 1.165) is 18.4 Å². The van der Waals surface area contributed by atoms with Crippen LogP contribution in [-0.4, -0.2) is 29.5 Å². The van der Waals surface area contributed by atoms with Crippen molar-refractivity contribution in [2.45, 2.75) is 25.5 Å². The van der Waals surface area contributed by atoms with E-state index in [9.17, 15) is 4.79 Å². The molecule has 0 bridgehead atoms. The molecule has 1 heterocycles. The molecule has 0 saturated carbocycles. The Balaban J connectivity index is 1.88. The highest BCUT2D eigenvalue weighted by Crippen LogP contribution is 2.18. The van der Waals surface area contributed by atoms with Crippen molar-refractivity contribution in [3.63, 3.8) is 0 Å². The Morgan fingerprint density at radius 2 is 2.12 bits per heavy atom. The fourth-order valence-corrected chi connectivity index (χ4v) is 2.12. The Labute approximate surface area is 106 Å². The van der Waals surface area contributed by atoms with Gasteiger partial charge in [-0.3, -0.25) is 0 Å². The van der Waals surface area contributed by atoms with Crippen molar-refractivity contribution in [2.75, 3.05) is 12.4 Å². The van der Waals surface area contributed by atoms with Gasteiger partial charge in [-0.1, -0.05) is 30.3 Å². The van der Waals surface area contributed by atoms with Gasteiger partial charge in [0.1, 0.15) is 6.10 Å². The topological polar surface area (TPSA) is 29.5 Å². The van der Waals surface area contributed by atoms with Gasteiger partial charge in [0.2, 0.25) is 0 Å². The zero-order valence-corrected chi connectivity index (χ0v) is 10.4. The normalized spacial score (nSPS) is 19.5. The molecule has 0 aromatic heterocycles. The third kappa shape index (κ3) is 3.37. The number of cyclic esters (lactones) is 1. The van der Waals surface area contributed by atoms with Crippen LogP contribution in [0, 0.1) is 0 Å². The molecule has 1 aromatic rings. The number of benzene rings is 1. The molecular formula is C13H16ClNO2. The summed E-state index contributed by atoms with van der Waals surface area (Å²) < 4.78 is 5.28. The second kappa shape index (κ2) is 5.92. The number of ether oxygens (including phenoxy) is 1. The van der Waals surface area contributed by atoms with Crippen molar-refractivity contribution < 1.29 is 9.53 Å². The standard InChI is InChI=1S/C13H16ClNO2/c14-8-4-7-12-10-15(13(16)17-12)9-11-5-2-1-3-6-11/h1-3,5-6,12H,4,7-10H2. The highest BCUT2D eigenvalue weighted by atomic mass is 35.5. The maximum absolute atomic E-state index is 11.6. The molecule has 3 nitrogen and oxygen atoms in total. The first-order valence-corrected chi connectivity index (χ1v) is 6.38. The highest BCUT2D eigenvalue weighted by molar-refractivity contribution is 6.17. The van der Waals surface area contributed by atoms with E-state index in [4.69, 9.17) is 16.3 Å². The number of carbonyl (C=O) groups excluding carboxylic acids is 1. The Bertz CT molecular complexity index is 369. The van der Waals surface area contributed by atoms with Crippen LogP contribution in [0.15, 0.2) is 30.3 Å². The zero-order chi connectivity index (χ0) is 12.1. The maximum Gasteiger partial charge on any atom is 0.410 e. The number of hydrogen-bond donors (Lipinski definition) is 0. The average Bonchev–Trinajstić information content (AvgIpc) is 2.69. The molecule has 1 fully saturated rings. The Morgan fingerprint density at radius 1 is 1.35 bits per heavy atom. The van der Waals surface area contributed by atoms with Crippen molar-refractivity contribution in [2.24, 2.45) is 0 Å². The van der Waals surface area contributed by atoms with Gasteiger partial charge in [0.15, 0.2) is 0 Å². The van der Waals surface area contributed by atoms with Gasteiger partial charge in [-0.2, -0.15) is 0 Å². The number of hydrogen-bond acceptors (Lipinski definition) is 2. The second-order valence-corrected chi connectivity index (χ2v) is 4.58. The van der Waals surface area contributed by atoms with Gasteiger partial charge in [-0.25, -0.2) is 4.79 Å². The SMILES string of the molecule is O=C1OC(CCCCl)CN1Cc1ccccc1. The van der Waals surface area contributed by atoms with Crippen LogP contribution in [0.25, 0.3) is 0 Å². The number of nitrogens with zero attached hydrogens (tertiary/aromatic N) is 1. The Hall–Kier alpha value is -1.22. The first kappa shape index (κ1) is 12.2. The van der Waals surface area contributed by atoms with Crippen LogP contribution >= 0.6 is 11.6 Å². The molecule has 1 atom stereocenters. The van der Waals surface area contributed by atoms with E-state index in [1.807, 2.05) is 30.3 Å². The fraction of sp³-hybridized carbons (Fsp3) is 0.462. The predicted molar refractivity (Wildman–Crippen MR) is 67.1 cm³/mol. The second-order valence-electron chi connectivity index (χ2n) is 4.20. The summed E-state index contributed by atoms with van der Waals surface area (Å²) in [6, 6.07) is 9.94. The van der Waals surface area contributed by atoms with Gasteiger partial charge in [0.25, 0.3) is 0 Å². The maximum atomic E-state index is 11.6. The summed E-state index contributed by atoms with van der Waals surface area (Å²) in [5, 5.41) is 0. The molecule has 2 rings (SSSR count). The first-order chi connectivity index (χ1) is 8.29. The van der Waals surface area contributed by atoms with Crippen LogP contribution in [0.1, 0.15) is 18.4 Å². The van der Waals surface area contributed by atoms with E-state index in [1.165, 1.54) is 0 Å². The lowest BCUT2D eigenvalue weighted by atomic mass is 10.2. The van der Waals surface area contributed by atoms with Gasteiger partial charge in [-0.05, 0) is 18.4 Å². The van der Waals surface area contributed by atoms with E-state index >= 15 is 0 Å². The molecule has 1 unspecified atom stereocenters. The van der Waals surface area contributed by atoms with E-state index in [-0.39, 0.29) is 12.2 Å². The molecule has 4 heteroatoms. The van der Waals surface area contributed by atoms with Gasteiger partial charge in [0.05, 0.1) is 6.54 Å². The van der Waals surface area contributed by atoms with Crippen LogP contribution in [0.5, 0.6) is 0 Å². The van der Waals surface area contributed by atoms with Crippen LogP contribution < -0.4 is 0 Å². The number of rotatable bonds is 5. The molecule has 1 saturated heterocycles. The Morgan fingerprint density at radius 3 is 2.82 bits per heavy atom. The number of halogens is 1. The fourth-order valence-electron chi connectivity index (χ4n) is 1.96. The highest BCUT2D eigenvalue weighted by Gasteiger charge is 2.30. The third-order valence-corrected chi connectivity index (χ3v) is 3.09. The minimum absolute atomic E-state index is 0.00459. The third-order valence-electron chi connectivity index (χ3n) is 2.83. The molecule has 0 aliphatic carbocycles. The molecule has 1 amide bonds. The quantitative estimate of drug-likeness (QED) is 0.755. The van der Waals surface area contributed by atoms with Crippen LogP contribution in [0.2, 0.25) is 0 Å². The van der Waals surface area contributed by atoms with Gasteiger partial charge in [-0.15, -0.1) is 11.6 Å². The van der Waals surface area contributed by atoms with E-state index in [1.54, 1.807) is 4.90 Å². The summed E-state index contributed by atoms with van der Waals surface area (Å²) in [5.74, 6) is 0.618. The molecular weight excluding hydrogens is 238 g/mol. The zero-order valence-electron chi connectivity index (χ0n) is 9.64. The summed E-state index contributed by atoms with van der Waals surface area (Å²) in [7, 11) is 0. The minimum atomic E-state index is -0.214. The molecule has 1 aliphatic heterocycles. The summed E-state index contributed by atoms with van der Waals surface area (Å²) in [5.41, 5.74) is 1.13. The molecule has 17 heavy (non-hydrogen) atoms. The summed E-state index contributed by atoms with van der Waals surface area (Å²) >= 11 is 5.63. The number of alkyl halides is 1. The number of carbonyl (C=O) groups is 1. The molecule has 0 radical (unpaired) electrons. The Kier molecular flexibility index (Phi) is 4.26. The van der Waals surface area contributed by atoms with Crippen molar-refractivity contribution in [1.29, 1.82) is 0 Å². The molecule has 92 valence electrons. The molecule has 1 aliphatic rings. The van der Waals surface area contributed by atoms with Crippen molar-refractivity contribution >= 4 is 17.7 Å². The van der Waals surface area contributed by atoms with Gasteiger partial charge < -0.3 is 9.64 Å². The molecule has 1 aromatic carbocycles. The van der Waals surface area contributed by atoms with Gasteiger partial charge in [0, 0.05) is 12.4 Å². The molecule has 0 N–H and O–H groups in total. The predicted octanol–water partition coefficient (Wildman–Crippen LogP) is 3.03. The van der Waals surface area contributed by atoms with E-state index < -0.39 is 0 Å². The average molecular weight is 254 g/mol. The summed E-state index contributed by atoms with van der Waals surface area (Å²) in [4.78, 5) is 13.4. The van der Waals surface area contributed by atoms with Crippen molar-refractivity contribution in [3.05, 3.63) is 35.9 Å². The lowest BCUT2D eigenvalue weighted by Gasteiger charge is -2.12. The smallest absolute Gasteiger partial charge is 0.410 e. The first-order valence-electron chi connectivity index (χ1n) is 5.85.